The third kappa shape index (κ3) is 4.20. The molecule has 1 aromatic carbocycles. The molecule has 0 radical (unpaired) electrons. The predicted molar refractivity (Wildman–Crippen MR) is 111 cm³/mol. The number of amides is 1. The van der Waals surface area contributed by atoms with Gasteiger partial charge in [-0.1, -0.05) is 55.5 Å². The fourth-order valence-electron chi connectivity index (χ4n) is 3.24. The van der Waals surface area contributed by atoms with Gasteiger partial charge in [0.25, 0.3) is 0 Å². The topological polar surface area (TPSA) is 71.0 Å². The molecule has 0 fully saturated rings. The molecule has 1 aliphatic rings. The molecule has 1 amide bonds. The van der Waals surface area contributed by atoms with Gasteiger partial charge in [-0.15, -0.1) is 0 Å². The largest absolute Gasteiger partial charge is 0.337 e. The molecule has 0 spiro atoms. The highest BCUT2D eigenvalue weighted by atomic mass is 32.1. The zero-order valence-corrected chi connectivity index (χ0v) is 16.9. The number of hydrogen-bond acceptors (Lipinski definition) is 6. The fraction of sp³-hybridized carbons (Fsp3) is 0.333. The van der Waals surface area contributed by atoms with Crippen LogP contribution in [0.2, 0.25) is 0 Å². The predicted octanol–water partition coefficient (Wildman–Crippen LogP) is 4.27. The lowest BCUT2D eigenvalue weighted by atomic mass is 10.1. The Morgan fingerprint density at radius 1 is 1.25 bits per heavy atom. The first-order chi connectivity index (χ1) is 13.6. The highest BCUT2D eigenvalue weighted by Gasteiger charge is 2.24. The summed E-state index contributed by atoms with van der Waals surface area (Å²) in [6.07, 6.45) is 2.96. The van der Waals surface area contributed by atoms with E-state index in [4.69, 9.17) is 4.98 Å². The second-order valence-corrected chi connectivity index (χ2v) is 8.42. The van der Waals surface area contributed by atoms with E-state index >= 15 is 0 Å². The van der Waals surface area contributed by atoms with Crippen LogP contribution in [-0.2, 0) is 17.8 Å². The van der Waals surface area contributed by atoms with Crippen LogP contribution in [0.4, 0.5) is 10.9 Å². The van der Waals surface area contributed by atoms with Gasteiger partial charge in [0.2, 0.25) is 5.91 Å². The number of carbonyl (C=O) groups is 1. The van der Waals surface area contributed by atoms with Gasteiger partial charge >= 0.3 is 0 Å². The van der Waals surface area contributed by atoms with Crippen LogP contribution in [0.5, 0.6) is 0 Å². The van der Waals surface area contributed by atoms with E-state index in [2.05, 4.69) is 29.1 Å². The van der Waals surface area contributed by atoms with Gasteiger partial charge in [0.1, 0.15) is 12.1 Å². The minimum absolute atomic E-state index is 0.229. The van der Waals surface area contributed by atoms with Gasteiger partial charge < -0.3 is 10.2 Å². The average Bonchev–Trinajstić information content (AvgIpc) is 3.09. The molecule has 2 aromatic heterocycles. The minimum Gasteiger partial charge on any atom is -0.337 e. The Kier molecular flexibility index (Phi) is 5.34. The minimum atomic E-state index is 0.229. The van der Waals surface area contributed by atoms with Crippen molar-refractivity contribution < 1.29 is 4.79 Å². The number of aromatic nitrogens is 3. The lowest BCUT2D eigenvalue weighted by Gasteiger charge is -2.26. The highest BCUT2D eigenvalue weighted by Crippen LogP contribution is 2.31. The Labute approximate surface area is 168 Å². The van der Waals surface area contributed by atoms with Crippen LogP contribution in [-0.4, -0.2) is 32.3 Å². The van der Waals surface area contributed by atoms with Crippen LogP contribution < -0.4 is 5.32 Å². The number of rotatable bonds is 5. The van der Waals surface area contributed by atoms with Gasteiger partial charge in [0, 0.05) is 35.9 Å². The number of thiazole rings is 1. The van der Waals surface area contributed by atoms with Crippen LogP contribution in [0.1, 0.15) is 30.8 Å². The maximum Gasteiger partial charge on any atom is 0.223 e. The van der Waals surface area contributed by atoms with E-state index in [9.17, 15) is 4.79 Å². The van der Waals surface area contributed by atoms with Crippen molar-refractivity contribution in [2.75, 3.05) is 11.9 Å². The average molecular weight is 394 g/mol. The molecule has 1 N–H and O–H groups in total. The van der Waals surface area contributed by atoms with Crippen molar-refractivity contribution in [3.05, 3.63) is 53.3 Å². The number of carbonyl (C=O) groups excluding carboxylic acids is 1. The molecule has 0 saturated heterocycles. The van der Waals surface area contributed by atoms with Crippen molar-refractivity contribution in [3.63, 3.8) is 0 Å². The van der Waals surface area contributed by atoms with Crippen molar-refractivity contribution in [3.8, 4) is 11.3 Å². The van der Waals surface area contributed by atoms with E-state index in [1.807, 2.05) is 41.3 Å². The molecule has 0 unspecified atom stereocenters. The number of benzene rings is 1. The Bertz CT molecular complexity index is 970. The molecule has 6 nitrogen and oxygen atoms in total. The molecule has 7 heteroatoms. The summed E-state index contributed by atoms with van der Waals surface area (Å²) in [4.78, 5) is 28.9. The third-order valence-electron chi connectivity index (χ3n) is 4.64. The summed E-state index contributed by atoms with van der Waals surface area (Å²) in [7, 11) is 0. The van der Waals surface area contributed by atoms with E-state index in [0.717, 1.165) is 39.9 Å². The Hall–Kier alpha value is -2.80. The molecule has 0 aliphatic carbocycles. The van der Waals surface area contributed by atoms with Gasteiger partial charge in [-0.2, -0.15) is 0 Å². The number of hydrogen-bond donors (Lipinski definition) is 1. The van der Waals surface area contributed by atoms with Gasteiger partial charge in [-0.3, -0.25) is 4.79 Å². The van der Waals surface area contributed by atoms with E-state index in [1.54, 1.807) is 17.7 Å². The summed E-state index contributed by atoms with van der Waals surface area (Å²) in [5.74, 6) is 1.32. The van der Waals surface area contributed by atoms with Crippen LogP contribution in [0.15, 0.2) is 42.7 Å². The number of nitrogens with zero attached hydrogens (tertiary/aromatic N) is 4. The van der Waals surface area contributed by atoms with E-state index < -0.39 is 0 Å². The standard InChI is InChI=1S/C21H23N5OS/c1-14(2)10-20(27)26-9-8-16-18(12-26)28-21(24-16)25-19-11-17(22-13-23-19)15-6-4-3-5-7-15/h3-7,11,13-14H,8-10,12H2,1-2H3,(H,22,23,24,25). The molecule has 3 heterocycles. The zero-order valence-electron chi connectivity index (χ0n) is 16.1. The van der Waals surface area contributed by atoms with E-state index in [0.29, 0.717) is 24.7 Å². The molecular weight excluding hydrogens is 370 g/mol. The van der Waals surface area contributed by atoms with E-state index in [-0.39, 0.29) is 5.91 Å². The zero-order chi connectivity index (χ0) is 19.5. The smallest absolute Gasteiger partial charge is 0.223 e. The first-order valence-electron chi connectivity index (χ1n) is 9.49. The van der Waals surface area contributed by atoms with Crippen molar-refractivity contribution in [2.45, 2.75) is 33.2 Å². The van der Waals surface area contributed by atoms with Gasteiger partial charge in [0.05, 0.1) is 17.9 Å². The number of anilines is 2. The summed E-state index contributed by atoms with van der Waals surface area (Å²) < 4.78 is 0. The molecule has 0 atom stereocenters. The summed E-state index contributed by atoms with van der Waals surface area (Å²) in [6, 6.07) is 11.9. The summed E-state index contributed by atoms with van der Waals surface area (Å²) >= 11 is 1.60. The monoisotopic (exact) mass is 393 g/mol. The van der Waals surface area contributed by atoms with Crippen LogP contribution in [0, 0.1) is 5.92 Å². The Morgan fingerprint density at radius 3 is 2.86 bits per heavy atom. The molecule has 28 heavy (non-hydrogen) atoms. The Balaban J connectivity index is 1.48. The van der Waals surface area contributed by atoms with Crippen LogP contribution in [0.3, 0.4) is 0 Å². The quantitative estimate of drug-likeness (QED) is 0.701. The second-order valence-electron chi connectivity index (χ2n) is 7.33. The number of fused-ring (bicyclic) bond motifs is 1. The van der Waals surface area contributed by atoms with Crippen molar-refractivity contribution >= 4 is 28.2 Å². The summed E-state index contributed by atoms with van der Waals surface area (Å²) in [6.45, 7) is 5.55. The van der Waals surface area contributed by atoms with Crippen molar-refractivity contribution in [1.82, 2.24) is 19.9 Å². The first kappa shape index (κ1) is 18.6. The first-order valence-corrected chi connectivity index (χ1v) is 10.3. The molecular formula is C21H23N5OS. The summed E-state index contributed by atoms with van der Waals surface area (Å²) in [5.41, 5.74) is 2.99. The molecule has 1 aliphatic heterocycles. The van der Waals surface area contributed by atoms with Gasteiger partial charge in [-0.25, -0.2) is 15.0 Å². The van der Waals surface area contributed by atoms with Crippen molar-refractivity contribution in [1.29, 1.82) is 0 Å². The van der Waals surface area contributed by atoms with Crippen LogP contribution >= 0.6 is 11.3 Å². The molecule has 0 bridgehead atoms. The van der Waals surface area contributed by atoms with Crippen LogP contribution in [0.25, 0.3) is 11.3 Å². The molecule has 4 rings (SSSR count). The normalized spacial score (nSPS) is 13.5. The lowest BCUT2D eigenvalue weighted by molar-refractivity contribution is -0.132. The molecule has 0 saturated carbocycles. The van der Waals surface area contributed by atoms with Gasteiger partial charge in [0.15, 0.2) is 5.13 Å². The van der Waals surface area contributed by atoms with Gasteiger partial charge in [-0.05, 0) is 5.92 Å². The van der Waals surface area contributed by atoms with E-state index in [1.165, 1.54) is 0 Å². The molecule has 144 valence electrons. The fourth-order valence-corrected chi connectivity index (χ4v) is 4.27. The number of nitrogens with one attached hydrogen (secondary N) is 1. The maximum atomic E-state index is 12.4. The third-order valence-corrected chi connectivity index (χ3v) is 5.64. The maximum absolute atomic E-state index is 12.4. The Morgan fingerprint density at radius 2 is 2.07 bits per heavy atom. The SMILES string of the molecule is CC(C)CC(=O)N1CCc2nc(Nc3cc(-c4ccccc4)ncn3)sc2C1. The second kappa shape index (κ2) is 8.06. The summed E-state index contributed by atoms with van der Waals surface area (Å²) in [5, 5.41) is 4.11. The molecule has 3 aromatic rings. The highest BCUT2D eigenvalue weighted by molar-refractivity contribution is 7.15. The lowest BCUT2D eigenvalue weighted by Crippen LogP contribution is -2.36. The van der Waals surface area contributed by atoms with Crippen molar-refractivity contribution in [2.24, 2.45) is 5.92 Å².